The Morgan fingerprint density at radius 1 is 1.47 bits per heavy atom. The second kappa shape index (κ2) is 5.11. The summed E-state index contributed by atoms with van der Waals surface area (Å²) in [6.45, 7) is 7.64. The number of hydrogen-bond acceptors (Lipinski definition) is 5. The second-order valence-electron chi connectivity index (χ2n) is 4.03. The van der Waals surface area contributed by atoms with Crippen molar-refractivity contribution in [2.24, 2.45) is 11.7 Å². The third-order valence-electron chi connectivity index (χ3n) is 2.62. The van der Waals surface area contributed by atoms with Gasteiger partial charge in [-0.15, -0.1) is 0 Å². The van der Waals surface area contributed by atoms with Gasteiger partial charge in [0.05, 0.1) is 5.92 Å². The first-order valence-corrected chi connectivity index (χ1v) is 5.34. The lowest BCUT2D eigenvalue weighted by Crippen LogP contribution is -2.19. The van der Waals surface area contributed by atoms with Crippen molar-refractivity contribution in [2.45, 2.75) is 26.7 Å². The molecule has 5 nitrogen and oxygen atoms in total. The molecule has 0 spiro atoms. The number of anilines is 1. The molecule has 1 unspecified atom stereocenters. The second-order valence-corrected chi connectivity index (χ2v) is 4.03. The molecule has 0 aromatic carbocycles. The quantitative estimate of drug-likeness (QED) is 0.795. The van der Waals surface area contributed by atoms with Gasteiger partial charge in [0, 0.05) is 20.1 Å². The molecule has 15 heavy (non-hydrogen) atoms. The molecule has 0 aliphatic carbocycles. The summed E-state index contributed by atoms with van der Waals surface area (Å²) in [4.78, 5) is 6.27. The standard InChI is InChI=1S/C10H20N4O/c1-5-14(4)10-12-9(15-13-10)8(6-11)7(2)3/h7-8H,5-6,11H2,1-4H3. The van der Waals surface area contributed by atoms with Crippen molar-refractivity contribution in [3.05, 3.63) is 5.89 Å². The Kier molecular flexibility index (Phi) is 4.08. The highest BCUT2D eigenvalue weighted by atomic mass is 16.5. The number of hydrogen-bond donors (Lipinski definition) is 1. The minimum absolute atomic E-state index is 0.150. The van der Waals surface area contributed by atoms with E-state index in [2.05, 4.69) is 24.0 Å². The van der Waals surface area contributed by atoms with E-state index in [1.807, 2.05) is 18.9 Å². The normalized spacial score (nSPS) is 13.2. The van der Waals surface area contributed by atoms with Crippen LogP contribution in [0.5, 0.6) is 0 Å². The van der Waals surface area contributed by atoms with E-state index in [1.54, 1.807) is 0 Å². The summed E-state index contributed by atoms with van der Waals surface area (Å²) in [5.41, 5.74) is 5.68. The summed E-state index contributed by atoms with van der Waals surface area (Å²) in [5.74, 6) is 1.83. The smallest absolute Gasteiger partial charge is 0.265 e. The zero-order valence-corrected chi connectivity index (χ0v) is 9.90. The fraction of sp³-hybridized carbons (Fsp3) is 0.800. The highest BCUT2D eigenvalue weighted by Gasteiger charge is 2.21. The monoisotopic (exact) mass is 212 g/mol. The molecule has 86 valence electrons. The molecule has 0 saturated carbocycles. The number of rotatable bonds is 5. The molecule has 0 radical (unpaired) electrons. The van der Waals surface area contributed by atoms with E-state index in [-0.39, 0.29) is 5.92 Å². The Balaban J connectivity index is 2.82. The lowest BCUT2D eigenvalue weighted by Gasteiger charge is -2.13. The maximum absolute atomic E-state index is 5.68. The molecule has 1 aromatic heterocycles. The molecule has 1 rings (SSSR count). The Labute approximate surface area is 90.6 Å². The predicted octanol–water partition coefficient (Wildman–Crippen LogP) is 1.22. The Bertz CT molecular complexity index is 297. The van der Waals surface area contributed by atoms with Crippen molar-refractivity contribution in [1.82, 2.24) is 10.1 Å². The van der Waals surface area contributed by atoms with Crippen LogP contribution in [0.15, 0.2) is 4.52 Å². The number of nitrogens with two attached hydrogens (primary N) is 1. The minimum atomic E-state index is 0.150. The van der Waals surface area contributed by atoms with Crippen LogP contribution in [0.4, 0.5) is 5.95 Å². The van der Waals surface area contributed by atoms with Gasteiger partial charge in [0.25, 0.3) is 5.95 Å². The van der Waals surface area contributed by atoms with Crippen LogP contribution in [-0.4, -0.2) is 30.3 Å². The fourth-order valence-corrected chi connectivity index (χ4v) is 1.33. The Morgan fingerprint density at radius 2 is 2.13 bits per heavy atom. The van der Waals surface area contributed by atoms with Gasteiger partial charge in [0.2, 0.25) is 5.89 Å². The van der Waals surface area contributed by atoms with Crippen LogP contribution in [0.1, 0.15) is 32.6 Å². The molecule has 0 fully saturated rings. The summed E-state index contributed by atoms with van der Waals surface area (Å²) < 4.78 is 5.22. The van der Waals surface area contributed by atoms with Gasteiger partial charge < -0.3 is 15.2 Å². The SMILES string of the molecule is CCN(C)c1noc(C(CN)C(C)C)n1. The van der Waals surface area contributed by atoms with Crippen molar-refractivity contribution < 1.29 is 4.52 Å². The van der Waals surface area contributed by atoms with Crippen LogP contribution >= 0.6 is 0 Å². The Hall–Kier alpha value is -1.10. The van der Waals surface area contributed by atoms with Crippen LogP contribution in [0.3, 0.4) is 0 Å². The van der Waals surface area contributed by atoms with Gasteiger partial charge in [-0.25, -0.2) is 0 Å². The highest BCUT2D eigenvalue weighted by Crippen LogP contribution is 2.22. The van der Waals surface area contributed by atoms with E-state index >= 15 is 0 Å². The molecule has 0 aliphatic rings. The summed E-state index contributed by atoms with van der Waals surface area (Å²) in [5, 5.41) is 3.92. The fourth-order valence-electron chi connectivity index (χ4n) is 1.33. The van der Waals surface area contributed by atoms with E-state index in [9.17, 15) is 0 Å². The lowest BCUT2D eigenvalue weighted by molar-refractivity contribution is 0.324. The molecule has 0 saturated heterocycles. The molecule has 0 bridgehead atoms. The van der Waals surface area contributed by atoms with E-state index in [0.717, 1.165) is 6.54 Å². The average molecular weight is 212 g/mol. The number of nitrogens with zero attached hydrogens (tertiary/aromatic N) is 3. The van der Waals surface area contributed by atoms with Crippen LogP contribution < -0.4 is 10.6 Å². The number of aromatic nitrogens is 2. The third-order valence-corrected chi connectivity index (χ3v) is 2.62. The zero-order valence-electron chi connectivity index (χ0n) is 9.90. The van der Waals surface area contributed by atoms with Gasteiger partial charge in [-0.3, -0.25) is 0 Å². The minimum Gasteiger partial charge on any atom is -0.342 e. The van der Waals surface area contributed by atoms with Crippen molar-refractivity contribution in [3.8, 4) is 0 Å². The van der Waals surface area contributed by atoms with Crippen molar-refractivity contribution in [2.75, 3.05) is 25.0 Å². The molecule has 2 N–H and O–H groups in total. The molecule has 0 aliphatic heterocycles. The molecule has 5 heteroatoms. The van der Waals surface area contributed by atoms with E-state index < -0.39 is 0 Å². The first-order valence-electron chi connectivity index (χ1n) is 5.34. The zero-order chi connectivity index (χ0) is 11.4. The van der Waals surface area contributed by atoms with Gasteiger partial charge in [0.15, 0.2) is 0 Å². The van der Waals surface area contributed by atoms with Gasteiger partial charge >= 0.3 is 0 Å². The van der Waals surface area contributed by atoms with Crippen LogP contribution in [0.2, 0.25) is 0 Å². The van der Waals surface area contributed by atoms with Crippen molar-refractivity contribution >= 4 is 5.95 Å². The van der Waals surface area contributed by atoms with Gasteiger partial charge in [-0.05, 0) is 18.0 Å². The maximum atomic E-state index is 5.68. The van der Waals surface area contributed by atoms with Gasteiger partial charge in [-0.2, -0.15) is 4.98 Å². The van der Waals surface area contributed by atoms with E-state index in [4.69, 9.17) is 10.3 Å². The summed E-state index contributed by atoms with van der Waals surface area (Å²) in [7, 11) is 1.93. The molecular formula is C10H20N4O. The van der Waals surface area contributed by atoms with Gasteiger partial charge in [-0.1, -0.05) is 13.8 Å². The summed E-state index contributed by atoms with van der Waals surface area (Å²) in [6, 6.07) is 0. The molecule has 0 amide bonds. The molecule has 1 atom stereocenters. The average Bonchev–Trinajstić information content (AvgIpc) is 2.66. The van der Waals surface area contributed by atoms with Gasteiger partial charge in [0.1, 0.15) is 0 Å². The third kappa shape index (κ3) is 2.68. The summed E-state index contributed by atoms with van der Waals surface area (Å²) in [6.07, 6.45) is 0. The largest absolute Gasteiger partial charge is 0.342 e. The molecule has 1 aromatic rings. The molecule has 1 heterocycles. The first-order chi connectivity index (χ1) is 7.10. The topological polar surface area (TPSA) is 68.2 Å². The van der Waals surface area contributed by atoms with Crippen molar-refractivity contribution in [3.63, 3.8) is 0 Å². The first kappa shape index (κ1) is 12.0. The maximum Gasteiger partial charge on any atom is 0.265 e. The van der Waals surface area contributed by atoms with E-state index in [1.165, 1.54) is 0 Å². The predicted molar refractivity (Wildman–Crippen MR) is 59.9 cm³/mol. The van der Waals surface area contributed by atoms with Crippen LogP contribution in [0, 0.1) is 5.92 Å². The van der Waals surface area contributed by atoms with Crippen molar-refractivity contribution in [1.29, 1.82) is 0 Å². The van der Waals surface area contributed by atoms with E-state index in [0.29, 0.717) is 24.3 Å². The van der Waals surface area contributed by atoms with Crippen LogP contribution in [0.25, 0.3) is 0 Å². The Morgan fingerprint density at radius 3 is 2.60 bits per heavy atom. The highest BCUT2D eigenvalue weighted by molar-refractivity contribution is 5.25. The molecular weight excluding hydrogens is 192 g/mol. The summed E-state index contributed by atoms with van der Waals surface area (Å²) >= 11 is 0. The lowest BCUT2D eigenvalue weighted by atomic mass is 9.96. The van der Waals surface area contributed by atoms with Crippen LogP contribution in [-0.2, 0) is 0 Å².